The summed E-state index contributed by atoms with van der Waals surface area (Å²) in [7, 11) is 1.59. The molecule has 0 unspecified atom stereocenters. The van der Waals surface area contributed by atoms with Crippen LogP contribution >= 0.6 is 11.6 Å². The number of carbonyl (C=O) groups excluding carboxylic acids is 1. The molecule has 2 aromatic rings. The van der Waals surface area contributed by atoms with E-state index in [9.17, 15) is 9.59 Å². The molecule has 0 radical (unpaired) electrons. The molecule has 19 heavy (non-hydrogen) atoms. The Kier molecular flexibility index (Phi) is 3.44. The molecule has 98 valence electrons. The van der Waals surface area contributed by atoms with Crippen molar-refractivity contribution in [3.8, 4) is 0 Å². The van der Waals surface area contributed by atoms with Gasteiger partial charge < -0.3 is 9.67 Å². The highest BCUT2D eigenvalue weighted by Crippen LogP contribution is 2.20. The number of rotatable bonds is 3. The third kappa shape index (κ3) is 2.53. The number of nitrogens with zero attached hydrogens (tertiary/aromatic N) is 1. The number of aromatic carboxylic acids is 1. The van der Waals surface area contributed by atoms with Crippen molar-refractivity contribution in [3.05, 3.63) is 57.9 Å². The maximum Gasteiger partial charge on any atom is 0.352 e. The molecule has 1 heterocycles. The molecule has 1 aromatic heterocycles. The molecule has 0 bridgehead atoms. The third-order valence-corrected chi connectivity index (χ3v) is 3.33. The van der Waals surface area contributed by atoms with Crippen LogP contribution in [0, 0.1) is 6.92 Å². The van der Waals surface area contributed by atoms with Crippen LogP contribution in [0.4, 0.5) is 0 Å². The standard InChI is InChI=1S/C14H12ClNO3/c1-8-3-4-9(5-11(8)15)13(17)10-6-12(14(18)19)16(2)7-10/h3-7H,1-2H3,(H,18,19). The number of halogens is 1. The summed E-state index contributed by atoms with van der Waals surface area (Å²) >= 11 is 5.98. The van der Waals surface area contributed by atoms with Crippen LogP contribution in [0.25, 0.3) is 0 Å². The zero-order valence-corrected chi connectivity index (χ0v) is 11.2. The maximum atomic E-state index is 12.2. The van der Waals surface area contributed by atoms with E-state index in [2.05, 4.69) is 0 Å². The normalized spacial score (nSPS) is 10.5. The highest BCUT2D eigenvalue weighted by Gasteiger charge is 2.16. The Morgan fingerprint density at radius 2 is 1.89 bits per heavy atom. The molecule has 0 spiro atoms. The van der Waals surface area contributed by atoms with E-state index in [1.165, 1.54) is 16.8 Å². The van der Waals surface area contributed by atoms with Gasteiger partial charge >= 0.3 is 5.97 Å². The molecule has 1 N–H and O–H groups in total. The van der Waals surface area contributed by atoms with Gasteiger partial charge in [0.2, 0.25) is 0 Å². The largest absolute Gasteiger partial charge is 0.477 e. The van der Waals surface area contributed by atoms with Gasteiger partial charge in [0.1, 0.15) is 5.69 Å². The quantitative estimate of drug-likeness (QED) is 0.878. The first-order chi connectivity index (χ1) is 8.90. The number of aryl methyl sites for hydroxylation is 2. The van der Waals surface area contributed by atoms with Gasteiger partial charge in [-0.3, -0.25) is 4.79 Å². The first kappa shape index (κ1) is 13.4. The fourth-order valence-corrected chi connectivity index (χ4v) is 1.98. The van der Waals surface area contributed by atoms with Crippen LogP contribution in [0.2, 0.25) is 5.02 Å². The monoisotopic (exact) mass is 277 g/mol. The van der Waals surface area contributed by atoms with Gasteiger partial charge in [-0.2, -0.15) is 0 Å². The Morgan fingerprint density at radius 3 is 2.42 bits per heavy atom. The first-order valence-electron chi connectivity index (χ1n) is 5.60. The van der Waals surface area contributed by atoms with Crippen molar-refractivity contribution < 1.29 is 14.7 Å². The molecule has 0 aliphatic rings. The summed E-state index contributed by atoms with van der Waals surface area (Å²) in [5.74, 6) is -1.31. The minimum atomic E-state index is -1.07. The van der Waals surface area contributed by atoms with E-state index in [4.69, 9.17) is 16.7 Å². The van der Waals surface area contributed by atoms with Crippen LogP contribution in [-0.2, 0) is 7.05 Å². The average Bonchev–Trinajstić information content (AvgIpc) is 2.74. The van der Waals surface area contributed by atoms with Crippen LogP contribution in [0.3, 0.4) is 0 Å². The average molecular weight is 278 g/mol. The van der Waals surface area contributed by atoms with Crippen LogP contribution in [0.5, 0.6) is 0 Å². The van der Waals surface area contributed by atoms with Crippen molar-refractivity contribution in [1.82, 2.24) is 4.57 Å². The molecule has 2 rings (SSSR count). The Bertz CT molecular complexity index is 673. The van der Waals surface area contributed by atoms with Crippen molar-refractivity contribution in [3.63, 3.8) is 0 Å². The van der Waals surface area contributed by atoms with Gasteiger partial charge in [0.15, 0.2) is 5.78 Å². The molecule has 0 saturated carbocycles. The lowest BCUT2D eigenvalue weighted by Crippen LogP contribution is -2.02. The summed E-state index contributed by atoms with van der Waals surface area (Å²) in [5.41, 5.74) is 1.73. The number of carbonyl (C=O) groups is 2. The number of carboxylic acids is 1. The molecular weight excluding hydrogens is 266 g/mol. The highest BCUT2D eigenvalue weighted by molar-refractivity contribution is 6.31. The molecule has 0 fully saturated rings. The molecule has 4 nitrogen and oxygen atoms in total. The number of benzene rings is 1. The Labute approximate surface area is 115 Å². The predicted molar refractivity (Wildman–Crippen MR) is 72.0 cm³/mol. The summed E-state index contributed by atoms with van der Waals surface area (Å²) < 4.78 is 1.41. The van der Waals surface area contributed by atoms with Crippen molar-refractivity contribution in [2.24, 2.45) is 7.05 Å². The number of hydrogen-bond donors (Lipinski definition) is 1. The summed E-state index contributed by atoms with van der Waals surface area (Å²) in [6.07, 6.45) is 1.50. The van der Waals surface area contributed by atoms with Crippen molar-refractivity contribution in [1.29, 1.82) is 0 Å². The number of ketones is 1. The van der Waals surface area contributed by atoms with Gasteiger partial charge in [-0.1, -0.05) is 23.7 Å². The van der Waals surface area contributed by atoms with Crippen LogP contribution in [0.15, 0.2) is 30.5 Å². The number of carboxylic acid groups (broad SMARTS) is 1. The second-order valence-corrected chi connectivity index (χ2v) is 4.73. The van der Waals surface area contributed by atoms with E-state index in [1.807, 2.05) is 6.92 Å². The van der Waals surface area contributed by atoms with E-state index in [0.717, 1.165) is 5.56 Å². The summed E-state index contributed by atoms with van der Waals surface area (Å²) in [6, 6.07) is 6.39. The SMILES string of the molecule is Cc1ccc(C(=O)c2cc(C(=O)O)n(C)c2)cc1Cl. The van der Waals surface area contributed by atoms with Gasteiger partial charge in [0.25, 0.3) is 0 Å². The Balaban J connectivity index is 2.41. The lowest BCUT2D eigenvalue weighted by atomic mass is 10.0. The molecule has 5 heteroatoms. The van der Waals surface area contributed by atoms with Gasteiger partial charge in [-0.15, -0.1) is 0 Å². The molecule has 0 aliphatic carbocycles. The smallest absolute Gasteiger partial charge is 0.352 e. The fourth-order valence-electron chi connectivity index (χ4n) is 1.80. The number of hydrogen-bond acceptors (Lipinski definition) is 2. The van der Waals surface area contributed by atoms with Gasteiger partial charge in [0.05, 0.1) is 0 Å². The van der Waals surface area contributed by atoms with Crippen molar-refractivity contribution >= 4 is 23.4 Å². The number of aromatic nitrogens is 1. The molecule has 0 saturated heterocycles. The Morgan fingerprint density at radius 1 is 1.21 bits per heavy atom. The minimum absolute atomic E-state index is 0.0709. The van der Waals surface area contributed by atoms with Crippen LogP contribution in [-0.4, -0.2) is 21.4 Å². The zero-order chi connectivity index (χ0) is 14.2. The second kappa shape index (κ2) is 4.90. The molecule has 0 atom stereocenters. The second-order valence-electron chi connectivity index (χ2n) is 4.32. The lowest BCUT2D eigenvalue weighted by Gasteiger charge is -2.01. The zero-order valence-electron chi connectivity index (χ0n) is 10.5. The molecule has 1 aromatic carbocycles. The predicted octanol–water partition coefficient (Wildman–Crippen LogP) is 2.92. The minimum Gasteiger partial charge on any atom is -0.477 e. The Hall–Kier alpha value is -2.07. The topological polar surface area (TPSA) is 59.3 Å². The van der Waals surface area contributed by atoms with Gasteiger partial charge in [-0.05, 0) is 24.6 Å². The van der Waals surface area contributed by atoms with Crippen LogP contribution < -0.4 is 0 Å². The lowest BCUT2D eigenvalue weighted by molar-refractivity contribution is 0.0686. The van der Waals surface area contributed by atoms with E-state index < -0.39 is 5.97 Å². The first-order valence-corrected chi connectivity index (χ1v) is 5.98. The van der Waals surface area contributed by atoms with Gasteiger partial charge in [0, 0.05) is 29.4 Å². The van der Waals surface area contributed by atoms with E-state index in [1.54, 1.807) is 25.2 Å². The molecular formula is C14H12ClNO3. The van der Waals surface area contributed by atoms with E-state index in [0.29, 0.717) is 16.1 Å². The maximum absolute atomic E-state index is 12.2. The van der Waals surface area contributed by atoms with Crippen molar-refractivity contribution in [2.45, 2.75) is 6.92 Å². The molecule has 0 aliphatic heterocycles. The van der Waals surface area contributed by atoms with Crippen molar-refractivity contribution in [2.75, 3.05) is 0 Å². The van der Waals surface area contributed by atoms with Crippen LogP contribution in [0.1, 0.15) is 32.0 Å². The summed E-state index contributed by atoms with van der Waals surface area (Å²) in [4.78, 5) is 23.2. The highest BCUT2D eigenvalue weighted by atomic mass is 35.5. The van der Waals surface area contributed by atoms with E-state index in [-0.39, 0.29) is 11.5 Å². The third-order valence-electron chi connectivity index (χ3n) is 2.92. The fraction of sp³-hybridized carbons (Fsp3) is 0.143. The summed E-state index contributed by atoms with van der Waals surface area (Å²) in [5, 5.41) is 9.47. The summed E-state index contributed by atoms with van der Waals surface area (Å²) in [6.45, 7) is 1.85. The molecule has 0 amide bonds. The van der Waals surface area contributed by atoms with Gasteiger partial charge in [-0.25, -0.2) is 4.79 Å². The van der Waals surface area contributed by atoms with E-state index >= 15 is 0 Å².